The summed E-state index contributed by atoms with van der Waals surface area (Å²) in [5, 5.41) is 12.7. The van der Waals surface area contributed by atoms with E-state index in [0.29, 0.717) is 6.61 Å². The predicted molar refractivity (Wildman–Crippen MR) is 49.8 cm³/mol. The van der Waals surface area contributed by atoms with Gasteiger partial charge in [-0.3, -0.25) is 4.79 Å². The maximum Gasteiger partial charge on any atom is 0.351 e. The average Bonchev–Trinajstić information content (AvgIpc) is 2.13. The van der Waals surface area contributed by atoms with E-state index in [1.54, 1.807) is 6.92 Å². The van der Waals surface area contributed by atoms with Gasteiger partial charge in [0.2, 0.25) is 6.20 Å². The lowest BCUT2D eigenvalue weighted by molar-refractivity contribution is -0.556. The molecule has 0 amide bonds. The van der Waals surface area contributed by atoms with Gasteiger partial charge in [0, 0.05) is 0 Å². The fourth-order valence-electron chi connectivity index (χ4n) is 0.782. The Morgan fingerprint density at radius 1 is 1.79 bits per heavy atom. The third-order valence-corrected chi connectivity index (χ3v) is 2.05. The lowest BCUT2D eigenvalue weighted by atomic mass is 10.5. The molecule has 1 rings (SSSR count). The van der Waals surface area contributed by atoms with Crippen molar-refractivity contribution in [3.63, 3.8) is 0 Å². The first-order valence-electron chi connectivity index (χ1n) is 3.63. The Morgan fingerprint density at radius 2 is 2.43 bits per heavy atom. The first-order valence-corrected chi connectivity index (χ1v) is 4.42. The summed E-state index contributed by atoms with van der Waals surface area (Å²) in [4.78, 5) is 21.7. The summed E-state index contributed by atoms with van der Waals surface area (Å²) in [7, 11) is 0. The maximum absolute atomic E-state index is 11.2. The Balaban J connectivity index is 3.26. The minimum atomic E-state index is -0.914. The standard InChI is InChI=1S/C6H6BrN3O4/c1-2-14-4-3-8-9(10(12)13)6(11)5(4)7/h3H,2H2,1H3. The van der Waals surface area contributed by atoms with Crippen LogP contribution in [0.1, 0.15) is 6.92 Å². The van der Waals surface area contributed by atoms with Gasteiger partial charge in [-0.15, -0.1) is 0 Å². The summed E-state index contributed by atoms with van der Waals surface area (Å²) < 4.78 is 5.00. The molecule has 0 spiro atoms. The van der Waals surface area contributed by atoms with Crippen LogP contribution in [0.25, 0.3) is 0 Å². The van der Waals surface area contributed by atoms with Crippen LogP contribution in [0.5, 0.6) is 5.75 Å². The molecule has 0 fully saturated rings. The molecule has 0 aromatic carbocycles. The summed E-state index contributed by atoms with van der Waals surface area (Å²) in [6.07, 6.45) is 1.11. The van der Waals surface area contributed by atoms with E-state index >= 15 is 0 Å². The largest absolute Gasteiger partial charge is 0.488 e. The van der Waals surface area contributed by atoms with E-state index in [4.69, 9.17) is 4.74 Å². The molecule has 0 bridgehead atoms. The van der Waals surface area contributed by atoms with Crippen molar-refractivity contribution in [3.8, 4) is 5.75 Å². The second kappa shape index (κ2) is 4.18. The van der Waals surface area contributed by atoms with Gasteiger partial charge in [0.15, 0.2) is 5.75 Å². The molecule has 1 aromatic rings. The third-order valence-electron chi connectivity index (χ3n) is 1.32. The molecule has 0 aliphatic carbocycles. The summed E-state index contributed by atoms with van der Waals surface area (Å²) in [6.45, 7) is 2.08. The molecular weight excluding hydrogens is 258 g/mol. The van der Waals surface area contributed by atoms with Gasteiger partial charge in [-0.05, 0) is 22.9 Å². The summed E-state index contributed by atoms with van der Waals surface area (Å²) in [5.41, 5.74) is -0.860. The highest BCUT2D eigenvalue weighted by molar-refractivity contribution is 9.10. The number of nitrogens with zero attached hydrogens (tertiary/aromatic N) is 3. The summed E-state index contributed by atoms with van der Waals surface area (Å²) >= 11 is 2.90. The lowest BCUT2D eigenvalue weighted by Gasteiger charge is -2.01. The van der Waals surface area contributed by atoms with Crippen molar-refractivity contribution in [2.75, 3.05) is 6.61 Å². The van der Waals surface area contributed by atoms with Gasteiger partial charge < -0.3 is 14.9 Å². The SMILES string of the molecule is CCOc1cnn([N+](=O)[O-])c(=O)c1Br. The second-order valence-corrected chi connectivity index (χ2v) is 2.98. The van der Waals surface area contributed by atoms with Crippen molar-refractivity contribution in [1.29, 1.82) is 0 Å². The Hall–Kier alpha value is -1.44. The van der Waals surface area contributed by atoms with Gasteiger partial charge in [-0.25, -0.2) is 0 Å². The van der Waals surface area contributed by atoms with Gasteiger partial charge in [-0.2, -0.15) is 0 Å². The molecule has 8 heteroatoms. The molecule has 0 unspecified atom stereocenters. The van der Waals surface area contributed by atoms with Crippen LogP contribution in [-0.2, 0) is 0 Å². The topological polar surface area (TPSA) is 87.3 Å². The highest BCUT2D eigenvalue weighted by atomic mass is 79.9. The molecule has 0 saturated carbocycles. The number of hydrogen-bond acceptors (Lipinski definition) is 5. The van der Waals surface area contributed by atoms with E-state index in [0.717, 1.165) is 6.20 Å². The molecule has 0 N–H and O–H groups in total. The molecular formula is C6H6BrN3O4. The van der Waals surface area contributed by atoms with Crippen LogP contribution in [0, 0.1) is 10.1 Å². The van der Waals surface area contributed by atoms with Gasteiger partial charge >= 0.3 is 5.56 Å². The van der Waals surface area contributed by atoms with Crippen LogP contribution < -0.4 is 10.3 Å². The van der Waals surface area contributed by atoms with E-state index < -0.39 is 10.6 Å². The number of aromatic nitrogens is 2. The van der Waals surface area contributed by atoms with E-state index in [1.165, 1.54) is 0 Å². The van der Waals surface area contributed by atoms with E-state index in [2.05, 4.69) is 21.0 Å². The van der Waals surface area contributed by atoms with Crippen molar-refractivity contribution in [1.82, 2.24) is 9.89 Å². The lowest BCUT2D eigenvalue weighted by Crippen LogP contribution is -2.29. The molecule has 0 aliphatic heterocycles. The normalized spacial score (nSPS) is 9.86. The number of hydrogen-bond donors (Lipinski definition) is 0. The van der Waals surface area contributed by atoms with Crippen molar-refractivity contribution < 1.29 is 9.77 Å². The second-order valence-electron chi connectivity index (χ2n) is 2.19. The number of ether oxygens (including phenoxy) is 1. The van der Waals surface area contributed by atoms with Gasteiger partial charge in [-0.1, -0.05) is 0 Å². The monoisotopic (exact) mass is 263 g/mol. The Kier molecular flexibility index (Phi) is 3.18. The van der Waals surface area contributed by atoms with Gasteiger partial charge in [0.1, 0.15) is 4.47 Å². The molecule has 0 radical (unpaired) electrons. The van der Waals surface area contributed by atoms with Crippen LogP contribution in [0.2, 0.25) is 0 Å². The Bertz CT molecular complexity index is 416. The average molecular weight is 264 g/mol. The van der Waals surface area contributed by atoms with Crippen molar-refractivity contribution >= 4 is 15.9 Å². The zero-order chi connectivity index (χ0) is 10.7. The maximum atomic E-state index is 11.2. The quantitative estimate of drug-likeness (QED) is 0.584. The molecule has 0 atom stereocenters. The van der Waals surface area contributed by atoms with E-state index in [-0.39, 0.29) is 15.0 Å². The van der Waals surface area contributed by atoms with Gasteiger partial charge in [0.25, 0.3) is 0 Å². The van der Waals surface area contributed by atoms with Crippen molar-refractivity contribution in [2.24, 2.45) is 0 Å². The first-order chi connectivity index (χ1) is 6.57. The number of nitro groups is 1. The highest BCUT2D eigenvalue weighted by Crippen LogP contribution is 2.18. The van der Waals surface area contributed by atoms with Crippen LogP contribution in [0.15, 0.2) is 15.5 Å². The minimum Gasteiger partial charge on any atom is -0.488 e. The van der Waals surface area contributed by atoms with Gasteiger partial charge in [0.05, 0.1) is 21.5 Å². The smallest absolute Gasteiger partial charge is 0.351 e. The van der Waals surface area contributed by atoms with E-state index in [9.17, 15) is 14.9 Å². The molecule has 1 aromatic heterocycles. The van der Waals surface area contributed by atoms with Crippen LogP contribution in [0.3, 0.4) is 0 Å². The van der Waals surface area contributed by atoms with Crippen molar-refractivity contribution in [2.45, 2.75) is 6.92 Å². The first kappa shape index (κ1) is 10.6. The molecule has 1 heterocycles. The summed E-state index contributed by atoms with van der Waals surface area (Å²) in [5.74, 6) is 0.190. The summed E-state index contributed by atoms with van der Waals surface area (Å²) in [6, 6.07) is 0. The molecule has 14 heavy (non-hydrogen) atoms. The van der Waals surface area contributed by atoms with Crippen LogP contribution >= 0.6 is 15.9 Å². The highest BCUT2D eigenvalue weighted by Gasteiger charge is 2.16. The van der Waals surface area contributed by atoms with E-state index in [1.807, 2.05) is 0 Å². The molecule has 0 aliphatic rings. The molecule has 0 saturated heterocycles. The fraction of sp³-hybridized carbons (Fsp3) is 0.333. The zero-order valence-corrected chi connectivity index (χ0v) is 8.72. The molecule has 7 nitrogen and oxygen atoms in total. The Labute approximate surface area is 86.5 Å². The minimum absolute atomic E-state index is 0.00829. The van der Waals surface area contributed by atoms with Crippen LogP contribution in [0.4, 0.5) is 0 Å². The molecule has 76 valence electrons. The van der Waals surface area contributed by atoms with Crippen molar-refractivity contribution in [3.05, 3.63) is 31.1 Å². The number of rotatable bonds is 3. The number of halogens is 1. The predicted octanol–water partition coefficient (Wildman–Crippen LogP) is 0.444. The fourth-order valence-corrected chi connectivity index (χ4v) is 1.16. The zero-order valence-electron chi connectivity index (χ0n) is 7.14. The third kappa shape index (κ3) is 1.90. The Morgan fingerprint density at radius 3 is 2.93 bits per heavy atom. The van der Waals surface area contributed by atoms with Crippen LogP contribution in [-0.4, -0.2) is 21.5 Å².